The molecule has 2 rings (SSSR count). The molecule has 0 saturated heterocycles. The van der Waals surface area contributed by atoms with Gasteiger partial charge in [-0.2, -0.15) is 0 Å². The van der Waals surface area contributed by atoms with E-state index < -0.39 is 9.84 Å². The molecule has 0 amide bonds. The zero-order valence-corrected chi connectivity index (χ0v) is 11.5. The maximum atomic E-state index is 12.2. The lowest BCUT2D eigenvalue weighted by atomic mass is 10.1. The first-order valence-electron chi connectivity index (χ1n) is 5.85. The number of hydrogen-bond acceptors (Lipinski definition) is 4. The summed E-state index contributed by atoms with van der Waals surface area (Å²) in [5.41, 5.74) is 0.305. The molecular formula is C14H14O4S. The van der Waals surface area contributed by atoms with E-state index in [2.05, 4.69) is 0 Å². The molecule has 5 heteroatoms. The third kappa shape index (κ3) is 2.93. The van der Waals surface area contributed by atoms with Crippen molar-refractivity contribution in [3.63, 3.8) is 0 Å². The lowest BCUT2D eigenvalue weighted by molar-refractivity contribution is 0.101. The zero-order chi connectivity index (χ0) is 14.0. The number of carbonyl (C=O) groups excluding carboxylic acids is 1. The number of aryl methyl sites for hydroxylation is 1. The Morgan fingerprint density at radius 1 is 1.21 bits per heavy atom. The smallest absolute Gasteiger partial charge is 0.228 e. The van der Waals surface area contributed by atoms with Crippen LogP contribution in [0.2, 0.25) is 0 Å². The van der Waals surface area contributed by atoms with Gasteiger partial charge in [0.1, 0.15) is 5.76 Å². The maximum Gasteiger partial charge on any atom is 0.228 e. The Morgan fingerprint density at radius 2 is 1.95 bits per heavy atom. The Balaban J connectivity index is 2.39. The summed E-state index contributed by atoms with van der Waals surface area (Å²) in [6, 6.07) is 9.30. The molecule has 1 aromatic heterocycles. The van der Waals surface area contributed by atoms with Crippen LogP contribution in [0.25, 0.3) is 0 Å². The predicted octanol–water partition coefficient (Wildman–Crippen LogP) is 2.48. The first kappa shape index (κ1) is 13.5. The second-order valence-electron chi connectivity index (χ2n) is 4.25. The number of carbonyl (C=O) groups is 1. The van der Waals surface area contributed by atoms with Gasteiger partial charge in [0, 0.05) is 18.2 Å². The molecule has 0 unspecified atom stereocenters. The Hall–Kier alpha value is -1.88. The van der Waals surface area contributed by atoms with Gasteiger partial charge in [0.15, 0.2) is 15.6 Å². The van der Waals surface area contributed by atoms with Gasteiger partial charge in [0.05, 0.1) is 4.90 Å². The number of rotatable bonds is 4. The summed E-state index contributed by atoms with van der Waals surface area (Å²) in [7, 11) is -3.32. The molecule has 0 spiro atoms. The highest BCUT2D eigenvalue weighted by molar-refractivity contribution is 7.90. The van der Waals surface area contributed by atoms with Gasteiger partial charge in [0.25, 0.3) is 0 Å². The highest BCUT2D eigenvalue weighted by Crippen LogP contribution is 2.17. The molecule has 4 nitrogen and oxygen atoms in total. The summed E-state index contributed by atoms with van der Waals surface area (Å²) in [4.78, 5) is 12.3. The normalized spacial score (nSPS) is 11.5. The number of benzene rings is 1. The number of ketones is 1. The van der Waals surface area contributed by atoms with Gasteiger partial charge in [-0.05, 0) is 24.3 Å². The molecule has 100 valence electrons. The molecule has 0 atom stereocenters. The minimum atomic E-state index is -3.32. The Bertz CT molecular complexity index is 711. The molecule has 0 aliphatic heterocycles. The summed E-state index contributed by atoms with van der Waals surface area (Å²) < 4.78 is 28.3. The Morgan fingerprint density at radius 3 is 2.53 bits per heavy atom. The molecular weight excluding hydrogens is 264 g/mol. The lowest BCUT2D eigenvalue weighted by Gasteiger charge is -2.01. The van der Waals surface area contributed by atoms with Crippen molar-refractivity contribution < 1.29 is 17.6 Å². The zero-order valence-electron chi connectivity index (χ0n) is 10.7. The fourth-order valence-corrected chi connectivity index (χ4v) is 2.37. The lowest BCUT2D eigenvalue weighted by Crippen LogP contribution is -2.03. The van der Waals surface area contributed by atoms with Crippen LogP contribution in [0.5, 0.6) is 0 Å². The highest BCUT2D eigenvalue weighted by atomic mass is 32.2. The first-order chi connectivity index (χ1) is 8.91. The molecule has 0 fully saturated rings. The molecule has 0 saturated carbocycles. The van der Waals surface area contributed by atoms with E-state index >= 15 is 0 Å². The second kappa shape index (κ2) is 5.01. The molecule has 1 aromatic carbocycles. The average molecular weight is 278 g/mol. The van der Waals surface area contributed by atoms with E-state index in [4.69, 9.17) is 4.42 Å². The molecule has 0 N–H and O–H groups in total. The Kier molecular flexibility index (Phi) is 3.57. The van der Waals surface area contributed by atoms with Crippen molar-refractivity contribution in [3.05, 3.63) is 53.5 Å². The summed E-state index contributed by atoms with van der Waals surface area (Å²) in [5, 5.41) is 0. The average Bonchev–Trinajstić information content (AvgIpc) is 2.86. The number of hydrogen-bond donors (Lipinski definition) is 0. The monoisotopic (exact) mass is 278 g/mol. The van der Waals surface area contributed by atoms with Crippen LogP contribution < -0.4 is 0 Å². The van der Waals surface area contributed by atoms with Gasteiger partial charge in [-0.3, -0.25) is 4.79 Å². The van der Waals surface area contributed by atoms with Gasteiger partial charge < -0.3 is 4.42 Å². The molecule has 19 heavy (non-hydrogen) atoms. The molecule has 2 aromatic rings. The summed E-state index contributed by atoms with van der Waals surface area (Å²) in [5.74, 6) is 0.635. The van der Waals surface area contributed by atoms with Crippen molar-refractivity contribution in [2.45, 2.75) is 18.2 Å². The van der Waals surface area contributed by atoms with Crippen molar-refractivity contribution in [1.82, 2.24) is 0 Å². The quantitative estimate of drug-likeness (QED) is 0.806. The van der Waals surface area contributed by atoms with Crippen LogP contribution in [-0.4, -0.2) is 20.5 Å². The van der Waals surface area contributed by atoms with Gasteiger partial charge in [-0.1, -0.05) is 19.1 Å². The summed E-state index contributed by atoms with van der Waals surface area (Å²) in [6.07, 6.45) is 1.81. The standard InChI is InChI=1S/C14H14O4S/c1-3-11-7-8-13(18-11)14(15)10-5-4-6-12(9-10)19(2,16)17/h4-9H,3H2,1-2H3. The van der Waals surface area contributed by atoms with E-state index in [-0.39, 0.29) is 16.4 Å². The van der Waals surface area contributed by atoms with Gasteiger partial charge >= 0.3 is 0 Å². The van der Waals surface area contributed by atoms with Crippen LogP contribution in [0.4, 0.5) is 0 Å². The topological polar surface area (TPSA) is 64.3 Å². The maximum absolute atomic E-state index is 12.2. The van der Waals surface area contributed by atoms with E-state index in [1.807, 2.05) is 6.92 Å². The van der Waals surface area contributed by atoms with E-state index in [1.54, 1.807) is 24.3 Å². The highest BCUT2D eigenvalue weighted by Gasteiger charge is 2.16. The SMILES string of the molecule is CCc1ccc(C(=O)c2cccc(S(C)(=O)=O)c2)o1. The van der Waals surface area contributed by atoms with Crippen LogP contribution >= 0.6 is 0 Å². The van der Waals surface area contributed by atoms with Gasteiger partial charge in [0.2, 0.25) is 5.78 Å². The minimum Gasteiger partial charge on any atom is -0.458 e. The first-order valence-corrected chi connectivity index (χ1v) is 7.74. The minimum absolute atomic E-state index is 0.126. The van der Waals surface area contributed by atoms with E-state index in [9.17, 15) is 13.2 Å². The van der Waals surface area contributed by atoms with E-state index in [0.717, 1.165) is 12.0 Å². The second-order valence-corrected chi connectivity index (χ2v) is 6.26. The number of furan rings is 1. The van der Waals surface area contributed by atoms with E-state index in [0.29, 0.717) is 12.0 Å². The molecule has 0 bridgehead atoms. The predicted molar refractivity (Wildman–Crippen MR) is 71.1 cm³/mol. The van der Waals surface area contributed by atoms with Crippen molar-refractivity contribution >= 4 is 15.6 Å². The largest absolute Gasteiger partial charge is 0.458 e. The van der Waals surface area contributed by atoms with Gasteiger partial charge in [-0.25, -0.2) is 8.42 Å². The third-order valence-corrected chi connectivity index (χ3v) is 3.87. The fourth-order valence-electron chi connectivity index (χ4n) is 1.70. The van der Waals surface area contributed by atoms with Crippen LogP contribution in [0.15, 0.2) is 45.7 Å². The van der Waals surface area contributed by atoms with Crippen LogP contribution in [0.1, 0.15) is 28.8 Å². The van der Waals surface area contributed by atoms with Crippen molar-refractivity contribution in [3.8, 4) is 0 Å². The van der Waals surface area contributed by atoms with Crippen LogP contribution in [0, 0.1) is 0 Å². The van der Waals surface area contributed by atoms with Gasteiger partial charge in [-0.15, -0.1) is 0 Å². The third-order valence-electron chi connectivity index (χ3n) is 2.76. The van der Waals surface area contributed by atoms with Crippen molar-refractivity contribution in [2.75, 3.05) is 6.26 Å². The summed E-state index contributed by atoms with van der Waals surface area (Å²) >= 11 is 0. The molecule has 0 aliphatic rings. The fraction of sp³-hybridized carbons (Fsp3) is 0.214. The summed E-state index contributed by atoms with van der Waals surface area (Å²) in [6.45, 7) is 1.93. The van der Waals surface area contributed by atoms with E-state index in [1.165, 1.54) is 12.1 Å². The number of sulfone groups is 1. The van der Waals surface area contributed by atoms with Crippen molar-refractivity contribution in [2.24, 2.45) is 0 Å². The molecule has 1 heterocycles. The molecule has 0 radical (unpaired) electrons. The van der Waals surface area contributed by atoms with Crippen LogP contribution in [-0.2, 0) is 16.3 Å². The van der Waals surface area contributed by atoms with Crippen LogP contribution in [0.3, 0.4) is 0 Å². The Labute approximate surface area is 112 Å². The molecule has 0 aliphatic carbocycles. The van der Waals surface area contributed by atoms with Crippen molar-refractivity contribution in [1.29, 1.82) is 0 Å².